The fourth-order valence-electron chi connectivity index (χ4n) is 4.54. The second-order valence-electron chi connectivity index (χ2n) is 9.35. The quantitative estimate of drug-likeness (QED) is 0.261. The molecule has 2 heterocycles. The van der Waals surface area contributed by atoms with Crippen LogP contribution in [0.5, 0.6) is 11.5 Å². The largest absolute Gasteiger partial charge is 0.617 e. The normalized spacial score (nSPS) is 15.7. The summed E-state index contributed by atoms with van der Waals surface area (Å²) >= 11 is -0.872. The third-order valence-electron chi connectivity index (χ3n) is 6.24. The molecule has 3 rings (SSSR count). The number of hydrogen-bond donors (Lipinski definition) is 0. The molecular formula is C26H35NO7S. The Balaban J connectivity index is 2.12. The van der Waals surface area contributed by atoms with Crippen molar-refractivity contribution < 1.29 is 28.3 Å². The number of pyridine rings is 1. The zero-order valence-corrected chi connectivity index (χ0v) is 22.2. The molecular weight excluding hydrogens is 470 g/mol. The van der Waals surface area contributed by atoms with Gasteiger partial charge in [-0.15, -0.1) is 0 Å². The van der Waals surface area contributed by atoms with Crippen LogP contribution in [-0.2, 0) is 27.1 Å². The molecule has 0 saturated heterocycles. The summed E-state index contributed by atoms with van der Waals surface area (Å²) < 4.78 is 35.6. The summed E-state index contributed by atoms with van der Waals surface area (Å²) in [6.45, 7) is 7.01. The minimum Gasteiger partial charge on any atom is -0.617 e. The first kappa shape index (κ1) is 27.1. The van der Waals surface area contributed by atoms with Crippen molar-refractivity contribution in [1.82, 2.24) is 4.57 Å². The second kappa shape index (κ2) is 11.5. The van der Waals surface area contributed by atoms with Crippen LogP contribution in [0.25, 0.3) is 11.3 Å². The van der Waals surface area contributed by atoms with Gasteiger partial charge in [-0.2, -0.15) is 0 Å². The van der Waals surface area contributed by atoms with Crippen LogP contribution in [-0.4, -0.2) is 61.1 Å². The third kappa shape index (κ3) is 6.02. The van der Waals surface area contributed by atoms with Crippen molar-refractivity contribution in [3.05, 3.63) is 45.7 Å². The second-order valence-corrected chi connectivity index (χ2v) is 10.9. The first-order valence-corrected chi connectivity index (χ1v) is 13.4. The van der Waals surface area contributed by atoms with Crippen molar-refractivity contribution >= 4 is 17.1 Å². The standard InChI is InChI=1S/C26H35NO7S/c1-7-33-25(29)19-15-27-20(14-21(19)28)18-13-22(32-5)23(34-9-8-10-35(6)30)11-17(18)12-24(27)26(2,3)16-31-4/h11,13-15,24H,7-10,12,16H2,1-6H3. The SMILES string of the molecule is CCOC(=O)c1cn2c(cc1=O)-c1cc(OC)c(OCCC[S+](C)[O-])cc1CC2C(C)(C)COC. The number of carbonyl (C=O) groups excluding carboxylic acids is 1. The fourth-order valence-corrected chi connectivity index (χ4v) is 5.06. The Morgan fingerprint density at radius 2 is 1.97 bits per heavy atom. The van der Waals surface area contributed by atoms with Gasteiger partial charge in [0.15, 0.2) is 16.9 Å². The molecule has 1 aliphatic heterocycles. The van der Waals surface area contributed by atoms with E-state index in [0.717, 1.165) is 11.1 Å². The number of hydrogen-bond acceptors (Lipinski definition) is 7. The summed E-state index contributed by atoms with van der Waals surface area (Å²) in [5, 5.41) is 0. The van der Waals surface area contributed by atoms with Crippen LogP contribution in [0.4, 0.5) is 0 Å². The van der Waals surface area contributed by atoms with E-state index in [2.05, 4.69) is 13.8 Å². The Morgan fingerprint density at radius 1 is 1.23 bits per heavy atom. The Bertz CT molecular complexity index is 1110. The highest BCUT2D eigenvalue weighted by atomic mass is 32.2. The maximum Gasteiger partial charge on any atom is 0.343 e. The van der Waals surface area contributed by atoms with Crippen molar-refractivity contribution in [2.75, 3.05) is 46.0 Å². The van der Waals surface area contributed by atoms with Crippen molar-refractivity contribution in [3.8, 4) is 22.8 Å². The zero-order valence-electron chi connectivity index (χ0n) is 21.3. The topological polar surface area (TPSA) is 99.1 Å². The molecule has 0 spiro atoms. The number of rotatable bonds is 11. The number of methoxy groups -OCH3 is 2. The molecule has 0 N–H and O–H groups in total. The van der Waals surface area contributed by atoms with Crippen LogP contribution in [0.15, 0.2) is 29.2 Å². The fraction of sp³-hybridized carbons (Fsp3) is 0.538. The molecule has 2 unspecified atom stereocenters. The molecule has 192 valence electrons. The van der Waals surface area contributed by atoms with Gasteiger partial charge in [0.2, 0.25) is 0 Å². The van der Waals surface area contributed by atoms with Gasteiger partial charge < -0.3 is 28.1 Å². The van der Waals surface area contributed by atoms with Gasteiger partial charge in [-0.05, 0) is 31.0 Å². The summed E-state index contributed by atoms with van der Waals surface area (Å²) in [4.78, 5) is 25.4. The molecule has 9 heteroatoms. The van der Waals surface area contributed by atoms with E-state index in [9.17, 15) is 14.1 Å². The van der Waals surface area contributed by atoms with Crippen LogP contribution >= 0.6 is 0 Å². The van der Waals surface area contributed by atoms with Crippen LogP contribution in [0.1, 0.15) is 49.2 Å². The molecule has 1 aromatic carbocycles. The van der Waals surface area contributed by atoms with E-state index in [4.69, 9.17) is 18.9 Å². The Kier molecular flexibility index (Phi) is 8.90. The number of esters is 1. The smallest absolute Gasteiger partial charge is 0.343 e. The molecule has 0 bridgehead atoms. The van der Waals surface area contributed by atoms with E-state index < -0.39 is 22.6 Å². The van der Waals surface area contributed by atoms with Gasteiger partial charge in [0.05, 0.1) is 38.9 Å². The van der Waals surface area contributed by atoms with Crippen molar-refractivity contribution in [2.24, 2.45) is 5.41 Å². The molecule has 0 saturated carbocycles. The van der Waals surface area contributed by atoms with Gasteiger partial charge in [0.1, 0.15) is 11.3 Å². The van der Waals surface area contributed by atoms with Gasteiger partial charge in [-0.25, -0.2) is 4.79 Å². The molecule has 0 radical (unpaired) electrons. The molecule has 0 aliphatic carbocycles. The van der Waals surface area contributed by atoms with Crippen LogP contribution in [0.3, 0.4) is 0 Å². The molecule has 2 atom stereocenters. The lowest BCUT2D eigenvalue weighted by Gasteiger charge is -2.40. The van der Waals surface area contributed by atoms with Crippen molar-refractivity contribution in [3.63, 3.8) is 0 Å². The first-order chi connectivity index (χ1) is 16.6. The molecule has 2 aromatic rings. The van der Waals surface area contributed by atoms with E-state index in [1.165, 1.54) is 6.07 Å². The highest BCUT2D eigenvalue weighted by Crippen LogP contribution is 2.46. The minimum atomic E-state index is -0.872. The lowest BCUT2D eigenvalue weighted by molar-refractivity contribution is 0.0516. The maximum atomic E-state index is 12.9. The van der Waals surface area contributed by atoms with Crippen molar-refractivity contribution in [2.45, 2.75) is 39.7 Å². The number of carbonyl (C=O) groups is 1. The molecule has 1 aromatic heterocycles. The number of ether oxygens (including phenoxy) is 4. The Labute approximate surface area is 209 Å². The predicted molar refractivity (Wildman–Crippen MR) is 136 cm³/mol. The third-order valence-corrected chi connectivity index (χ3v) is 7.11. The van der Waals surface area contributed by atoms with Gasteiger partial charge in [0, 0.05) is 42.8 Å². The molecule has 8 nitrogen and oxygen atoms in total. The summed E-state index contributed by atoms with van der Waals surface area (Å²) in [6.07, 6.45) is 4.60. The highest BCUT2D eigenvalue weighted by molar-refractivity contribution is 7.90. The van der Waals surface area contributed by atoms with E-state index in [1.807, 2.05) is 16.7 Å². The molecule has 0 amide bonds. The summed E-state index contributed by atoms with van der Waals surface area (Å²) in [6, 6.07) is 5.23. The highest BCUT2D eigenvalue weighted by Gasteiger charge is 2.37. The molecule has 35 heavy (non-hydrogen) atoms. The Morgan fingerprint density at radius 3 is 2.60 bits per heavy atom. The van der Waals surface area contributed by atoms with Gasteiger partial charge in [-0.3, -0.25) is 4.79 Å². The van der Waals surface area contributed by atoms with Crippen LogP contribution in [0, 0.1) is 5.41 Å². The number of aromatic nitrogens is 1. The monoisotopic (exact) mass is 505 g/mol. The molecule has 1 aliphatic rings. The zero-order chi connectivity index (χ0) is 25.8. The predicted octanol–water partition coefficient (Wildman–Crippen LogP) is 3.62. The number of fused-ring (bicyclic) bond motifs is 3. The van der Waals surface area contributed by atoms with Gasteiger partial charge in [-0.1, -0.05) is 25.0 Å². The lowest BCUT2D eigenvalue weighted by Crippen LogP contribution is -2.37. The summed E-state index contributed by atoms with van der Waals surface area (Å²) in [5.74, 6) is 1.09. The number of nitrogens with zero attached hydrogens (tertiary/aromatic N) is 1. The average Bonchev–Trinajstić information content (AvgIpc) is 2.80. The lowest BCUT2D eigenvalue weighted by atomic mass is 9.77. The first-order valence-electron chi connectivity index (χ1n) is 11.7. The van der Waals surface area contributed by atoms with E-state index in [1.54, 1.807) is 33.6 Å². The van der Waals surface area contributed by atoms with Gasteiger partial charge in [0.25, 0.3) is 0 Å². The molecule has 0 fully saturated rings. The van der Waals surface area contributed by atoms with E-state index >= 15 is 0 Å². The van der Waals surface area contributed by atoms with Crippen LogP contribution in [0.2, 0.25) is 0 Å². The summed E-state index contributed by atoms with van der Waals surface area (Å²) in [7, 11) is 3.23. The number of benzene rings is 1. The maximum absolute atomic E-state index is 12.9. The van der Waals surface area contributed by atoms with E-state index in [0.29, 0.717) is 49.0 Å². The van der Waals surface area contributed by atoms with Crippen LogP contribution < -0.4 is 14.9 Å². The Hall–Kier alpha value is -2.49. The van der Waals surface area contributed by atoms with Crippen molar-refractivity contribution in [1.29, 1.82) is 0 Å². The summed E-state index contributed by atoms with van der Waals surface area (Å²) in [5.41, 5.74) is 1.87. The average molecular weight is 506 g/mol. The van der Waals surface area contributed by atoms with E-state index in [-0.39, 0.29) is 23.6 Å². The minimum absolute atomic E-state index is 0.0116. The van der Waals surface area contributed by atoms with Gasteiger partial charge >= 0.3 is 5.97 Å².